The molecule has 0 bridgehead atoms. The van der Waals surface area contributed by atoms with Crippen molar-refractivity contribution in [2.24, 2.45) is 11.3 Å². The van der Waals surface area contributed by atoms with Gasteiger partial charge in [-0.15, -0.1) is 12.4 Å². The first-order valence-electron chi connectivity index (χ1n) is 17.1. The summed E-state index contributed by atoms with van der Waals surface area (Å²) < 4.78 is 20.9. The Hall–Kier alpha value is -3.83. The van der Waals surface area contributed by atoms with E-state index in [2.05, 4.69) is 25.5 Å². The van der Waals surface area contributed by atoms with Crippen molar-refractivity contribution in [3.05, 3.63) is 48.0 Å². The molecule has 2 saturated heterocycles. The summed E-state index contributed by atoms with van der Waals surface area (Å²) in [6, 6.07) is 7.78. The third-order valence-corrected chi connectivity index (χ3v) is 9.88. The molecule has 0 saturated carbocycles. The number of likely N-dealkylation sites (tertiary alicyclic amines) is 1. The van der Waals surface area contributed by atoms with E-state index in [-0.39, 0.29) is 54.6 Å². The van der Waals surface area contributed by atoms with Gasteiger partial charge in [-0.1, -0.05) is 20.8 Å². The van der Waals surface area contributed by atoms with Gasteiger partial charge in [0, 0.05) is 61.1 Å². The fraction of sp³-hybridized carbons (Fsp3) is 0.541. The van der Waals surface area contributed by atoms with Gasteiger partial charge in [-0.2, -0.15) is 0 Å². The Morgan fingerprint density at radius 3 is 2.43 bits per heavy atom. The molecule has 2 aliphatic rings. The number of carbonyl (C=O) groups is 3. The third kappa shape index (κ3) is 8.67. The normalized spacial score (nSPS) is 17.7. The summed E-state index contributed by atoms with van der Waals surface area (Å²) >= 11 is 0. The van der Waals surface area contributed by atoms with Crippen molar-refractivity contribution in [2.75, 3.05) is 44.0 Å². The van der Waals surface area contributed by atoms with E-state index in [9.17, 15) is 14.4 Å². The SMILES string of the molecule is CN[C@@H](C)C(=O)C[C@H](C(=O)N1CCC[C@H]1C(=O)Cc1cc2c(Nc3ccc(N4CCCCC4)c(F)c3)ncnc2cc1OC)C(C)(C)C.Cl. The van der Waals surface area contributed by atoms with E-state index in [0.717, 1.165) is 25.9 Å². The fourth-order valence-electron chi connectivity index (χ4n) is 6.84. The number of Topliss-reactive ketones (excluding diaryl/α,β-unsaturated/α-hetero) is 2. The summed E-state index contributed by atoms with van der Waals surface area (Å²) in [6.07, 6.45) is 6.15. The number of carbonyl (C=O) groups excluding carboxylic acids is 3. The molecule has 3 aromatic rings. The van der Waals surface area contributed by atoms with Crippen LogP contribution in [0.4, 0.5) is 21.6 Å². The number of fused-ring (bicyclic) bond motifs is 1. The van der Waals surface area contributed by atoms with E-state index in [4.69, 9.17) is 4.74 Å². The van der Waals surface area contributed by atoms with Gasteiger partial charge in [0.1, 0.15) is 29.5 Å². The molecule has 0 unspecified atom stereocenters. The predicted molar refractivity (Wildman–Crippen MR) is 194 cm³/mol. The first kappa shape index (κ1) is 38.0. The van der Waals surface area contributed by atoms with Gasteiger partial charge in [-0.25, -0.2) is 14.4 Å². The molecule has 3 atom stereocenters. The summed E-state index contributed by atoms with van der Waals surface area (Å²) in [5.74, 6) is -0.129. The number of anilines is 3. The Morgan fingerprint density at radius 2 is 1.78 bits per heavy atom. The second kappa shape index (κ2) is 16.3. The summed E-state index contributed by atoms with van der Waals surface area (Å²) in [4.78, 5) is 53.4. The molecule has 5 rings (SSSR count). The molecular formula is C37H50ClFN6O4. The van der Waals surface area contributed by atoms with Crippen LogP contribution in [0.1, 0.15) is 71.8 Å². The Balaban J connectivity index is 0.00000541. The van der Waals surface area contributed by atoms with E-state index in [1.807, 2.05) is 32.9 Å². The third-order valence-electron chi connectivity index (χ3n) is 9.88. The lowest BCUT2D eigenvalue weighted by Gasteiger charge is -2.35. The number of piperidine rings is 1. The Morgan fingerprint density at radius 1 is 1.04 bits per heavy atom. The second-order valence-electron chi connectivity index (χ2n) is 14.2. The minimum absolute atomic E-state index is 0. The average Bonchev–Trinajstić information content (AvgIpc) is 3.57. The molecule has 1 amide bonds. The van der Waals surface area contributed by atoms with Crippen LogP contribution in [0.5, 0.6) is 5.75 Å². The second-order valence-corrected chi connectivity index (χ2v) is 14.2. The molecule has 2 fully saturated rings. The molecule has 2 N–H and O–H groups in total. The molecule has 3 heterocycles. The molecule has 0 spiro atoms. The molecule has 12 heteroatoms. The number of hydrogen-bond donors (Lipinski definition) is 2. The molecule has 1 aromatic heterocycles. The highest BCUT2D eigenvalue weighted by Crippen LogP contribution is 2.36. The molecule has 2 aliphatic heterocycles. The molecule has 0 radical (unpaired) electrons. The van der Waals surface area contributed by atoms with E-state index >= 15 is 4.39 Å². The van der Waals surface area contributed by atoms with Crippen LogP contribution in [0.3, 0.4) is 0 Å². The minimum Gasteiger partial charge on any atom is -0.496 e. The summed E-state index contributed by atoms with van der Waals surface area (Å²) in [7, 11) is 3.27. The Kier molecular flexibility index (Phi) is 12.6. The van der Waals surface area contributed by atoms with Crippen LogP contribution in [0, 0.1) is 17.2 Å². The number of benzene rings is 2. The number of ether oxygens (including phenoxy) is 1. The van der Waals surface area contributed by atoms with Crippen LogP contribution in [0.25, 0.3) is 10.9 Å². The van der Waals surface area contributed by atoms with Crippen LogP contribution in [0.15, 0.2) is 36.7 Å². The van der Waals surface area contributed by atoms with Gasteiger partial charge in [0.25, 0.3) is 0 Å². The number of rotatable bonds is 12. The number of nitrogens with one attached hydrogen (secondary N) is 2. The monoisotopic (exact) mass is 696 g/mol. The van der Waals surface area contributed by atoms with Crippen LogP contribution < -0.4 is 20.3 Å². The standard InChI is InChI=1S/C37H49FN6O4.ClH/c1-23(39-5)32(45)20-27(37(2,3)4)36(47)44-16-10-11-31(44)33(46)18-24-17-26-29(21-34(24)48-6)40-22-41-35(26)42-25-12-13-30(28(38)19-25)43-14-8-7-9-15-43;/h12-13,17,19,21-23,27,31,39H,7-11,14-16,18,20H2,1-6H3,(H,40,41,42);1H/t23-,27+,31-;/m0./s1. The van der Waals surface area contributed by atoms with Gasteiger partial charge in [-0.05, 0) is 75.8 Å². The van der Waals surface area contributed by atoms with E-state index in [1.165, 1.54) is 18.8 Å². The summed E-state index contributed by atoms with van der Waals surface area (Å²) in [6.45, 7) is 9.86. The molecule has 10 nitrogen and oxygen atoms in total. The molecule has 266 valence electrons. The maximum absolute atomic E-state index is 15.2. The predicted octanol–water partition coefficient (Wildman–Crippen LogP) is 6.27. The summed E-state index contributed by atoms with van der Waals surface area (Å²) in [5, 5.41) is 6.87. The fourth-order valence-corrected chi connectivity index (χ4v) is 6.84. The number of halogens is 2. The zero-order valence-electron chi connectivity index (χ0n) is 29.5. The number of ketones is 2. The van der Waals surface area contributed by atoms with Crippen LogP contribution >= 0.6 is 12.4 Å². The van der Waals surface area contributed by atoms with Gasteiger partial charge in [0.2, 0.25) is 5.91 Å². The van der Waals surface area contributed by atoms with Gasteiger partial charge < -0.3 is 25.2 Å². The van der Waals surface area contributed by atoms with Gasteiger partial charge in [-0.3, -0.25) is 14.4 Å². The van der Waals surface area contributed by atoms with Crippen LogP contribution in [-0.4, -0.2) is 78.2 Å². The first-order valence-corrected chi connectivity index (χ1v) is 17.1. The largest absolute Gasteiger partial charge is 0.496 e. The van der Waals surface area contributed by atoms with E-state index in [0.29, 0.717) is 58.8 Å². The highest BCUT2D eigenvalue weighted by molar-refractivity contribution is 5.97. The maximum Gasteiger partial charge on any atom is 0.227 e. The minimum atomic E-state index is -0.592. The smallest absolute Gasteiger partial charge is 0.227 e. The van der Waals surface area contributed by atoms with E-state index < -0.39 is 17.4 Å². The zero-order chi connectivity index (χ0) is 34.6. The summed E-state index contributed by atoms with van der Waals surface area (Å²) in [5.41, 5.74) is 1.95. The lowest BCUT2D eigenvalue weighted by atomic mass is 9.76. The van der Waals surface area contributed by atoms with Crippen molar-refractivity contribution in [3.63, 3.8) is 0 Å². The van der Waals surface area contributed by atoms with Crippen molar-refractivity contribution >= 4 is 58.0 Å². The zero-order valence-corrected chi connectivity index (χ0v) is 30.3. The maximum atomic E-state index is 15.2. The number of amides is 1. The number of nitrogens with zero attached hydrogens (tertiary/aromatic N) is 4. The van der Waals surface area contributed by atoms with Crippen molar-refractivity contribution in [1.29, 1.82) is 0 Å². The van der Waals surface area contributed by atoms with Crippen molar-refractivity contribution in [3.8, 4) is 5.75 Å². The van der Waals surface area contributed by atoms with Crippen LogP contribution in [-0.2, 0) is 20.8 Å². The average molecular weight is 697 g/mol. The number of aromatic nitrogens is 2. The highest BCUT2D eigenvalue weighted by atomic mass is 35.5. The Labute approximate surface area is 295 Å². The molecule has 2 aromatic carbocycles. The Bertz CT molecular complexity index is 1660. The van der Waals surface area contributed by atoms with Crippen molar-refractivity contribution in [1.82, 2.24) is 20.2 Å². The van der Waals surface area contributed by atoms with E-state index in [1.54, 1.807) is 38.1 Å². The molecule has 49 heavy (non-hydrogen) atoms. The topological polar surface area (TPSA) is 117 Å². The number of hydrogen-bond acceptors (Lipinski definition) is 9. The quantitative estimate of drug-likeness (QED) is 0.226. The lowest BCUT2D eigenvalue weighted by Crippen LogP contribution is -2.48. The first-order chi connectivity index (χ1) is 22.9. The van der Waals surface area contributed by atoms with Gasteiger partial charge >= 0.3 is 0 Å². The van der Waals surface area contributed by atoms with Gasteiger partial charge in [0.15, 0.2) is 5.78 Å². The lowest BCUT2D eigenvalue weighted by molar-refractivity contribution is -0.145. The highest BCUT2D eigenvalue weighted by Gasteiger charge is 2.42. The van der Waals surface area contributed by atoms with Crippen LogP contribution in [0.2, 0.25) is 0 Å². The molecular weight excluding hydrogens is 647 g/mol. The molecule has 0 aliphatic carbocycles. The number of methoxy groups -OCH3 is 1. The van der Waals surface area contributed by atoms with Crippen molar-refractivity contribution in [2.45, 2.75) is 84.7 Å². The number of likely N-dealkylation sites (N-methyl/N-ethyl adjacent to an activating group) is 1. The van der Waals surface area contributed by atoms with Crippen molar-refractivity contribution < 1.29 is 23.5 Å². The van der Waals surface area contributed by atoms with Gasteiger partial charge in [0.05, 0.1) is 30.4 Å².